The van der Waals surface area contributed by atoms with Crippen molar-refractivity contribution in [2.75, 3.05) is 0 Å². The van der Waals surface area contributed by atoms with Gasteiger partial charge in [0.1, 0.15) is 5.75 Å². The molecular weight excluding hydrogens is 132 g/mol. The van der Waals surface area contributed by atoms with E-state index >= 15 is 0 Å². The number of hydrogen-bond donors (Lipinski definition) is 1. The first-order chi connectivity index (χ1) is 4.33. The molecule has 0 amide bonds. The molecule has 0 aromatic heterocycles. The first-order valence-electron chi connectivity index (χ1n) is 2.69. The minimum Gasteiger partial charge on any atom is -0.508 e. The molecule has 2 heteroatoms. The highest BCUT2D eigenvalue weighted by Crippen LogP contribution is 2.10. The summed E-state index contributed by atoms with van der Waals surface area (Å²) < 4.78 is 0. The minimum atomic E-state index is 0.294. The Morgan fingerprint density at radius 2 is 1.78 bits per heavy atom. The molecule has 0 saturated carbocycles. The summed E-state index contributed by atoms with van der Waals surface area (Å²) in [5.74, 6) is 0.905. The summed E-state index contributed by atoms with van der Waals surface area (Å²) in [6, 6.07) is 6.92. The lowest BCUT2D eigenvalue weighted by Gasteiger charge is -1.92. The van der Waals surface area contributed by atoms with E-state index in [1.807, 2.05) is 12.1 Å². The normalized spacial score (nSPS) is 9.44. The van der Waals surface area contributed by atoms with Crippen LogP contribution in [0.5, 0.6) is 5.75 Å². The Morgan fingerprint density at radius 3 is 2.22 bits per heavy atom. The van der Waals surface area contributed by atoms with Crippen LogP contribution < -0.4 is 0 Å². The molecule has 1 rings (SSSR count). The summed E-state index contributed by atoms with van der Waals surface area (Å²) >= 11 is 4.78. The summed E-state index contributed by atoms with van der Waals surface area (Å²) in [5, 5.41) is 8.82. The van der Waals surface area contributed by atoms with Gasteiger partial charge in [0.05, 0.1) is 0 Å². The molecule has 1 aromatic carbocycles. The Hall–Kier alpha value is -0.630. The molecule has 9 heavy (non-hydrogen) atoms. The zero-order valence-electron chi connectivity index (χ0n) is 4.87. The Labute approximate surface area is 59.7 Å². The van der Waals surface area contributed by atoms with Crippen LogP contribution in [0.1, 0.15) is 5.56 Å². The molecule has 0 unspecified atom stereocenters. The van der Waals surface area contributed by atoms with Crippen LogP contribution in [0.2, 0.25) is 0 Å². The predicted octanol–water partition coefficient (Wildman–Crippen LogP) is 2.09. The van der Waals surface area contributed by atoms with E-state index < -0.39 is 0 Å². The molecule has 1 N–H and O–H groups in total. The average molecular weight is 139 g/mol. The van der Waals surface area contributed by atoms with E-state index in [1.54, 1.807) is 12.1 Å². The zero-order valence-corrected chi connectivity index (χ0v) is 5.69. The van der Waals surface area contributed by atoms with Gasteiger partial charge in [0, 0.05) is 5.75 Å². The van der Waals surface area contributed by atoms with Gasteiger partial charge in [-0.05, 0) is 17.7 Å². The van der Waals surface area contributed by atoms with Crippen LogP contribution >= 0.6 is 12.6 Å². The average Bonchev–Trinajstić information content (AvgIpc) is 1.90. The van der Waals surface area contributed by atoms with Gasteiger partial charge >= 0.3 is 0 Å². The summed E-state index contributed by atoms with van der Waals surface area (Å²) in [7, 11) is 0. The fourth-order valence-electron chi connectivity index (χ4n) is 0.592. The van der Waals surface area contributed by atoms with Crippen molar-refractivity contribution in [3.8, 4) is 5.75 Å². The van der Waals surface area contributed by atoms with Gasteiger partial charge in [0.25, 0.3) is 0 Å². The van der Waals surface area contributed by atoms with Crippen LogP contribution in [-0.4, -0.2) is 5.11 Å². The quantitative estimate of drug-likeness (QED) is 0.631. The number of benzene rings is 1. The number of aromatic hydroxyl groups is 1. The predicted molar refractivity (Wildman–Crippen MR) is 39.4 cm³/mol. The van der Waals surface area contributed by atoms with Crippen molar-refractivity contribution in [3.63, 3.8) is 0 Å². The Balaban J connectivity index is 2.88. The van der Waals surface area contributed by atoms with E-state index in [4.69, 9.17) is 17.7 Å². The summed E-state index contributed by atoms with van der Waals surface area (Å²) in [5.41, 5.74) is 1.07. The maximum absolute atomic E-state index is 8.82. The number of phenolic OH excluding ortho intramolecular Hbond substituents is 1. The van der Waals surface area contributed by atoms with Gasteiger partial charge < -0.3 is 5.11 Å². The molecule has 47 valence electrons. The number of hydrogen-bond acceptors (Lipinski definition) is 1. The molecule has 0 heterocycles. The highest BCUT2D eigenvalue weighted by atomic mass is 32.1. The number of phenols is 1. The molecule has 0 fully saturated rings. The van der Waals surface area contributed by atoms with Crippen LogP contribution in [0.4, 0.5) is 0 Å². The molecule has 0 atom stereocenters. The smallest absolute Gasteiger partial charge is 0.115 e. The zero-order chi connectivity index (χ0) is 6.69. The molecule has 1 aromatic rings. The van der Waals surface area contributed by atoms with Crippen LogP contribution in [0.15, 0.2) is 24.3 Å². The second-order valence-electron chi connectivity index (χ2n) is 1.81. The molecular formula is C7H7OS. The molecule has 1 radical (unpaired) electrons. The van der Waals surface area contributed by atoms with Crippen molar-refractivity contribution >= 4 is 12.6 Å². The molecule has 0 aliphatic heterocycles. The molecule has 0 aliphatic rings. The van der Waals surface area contributed by atoms with E-state index in [9.17, 15) is 0 Å². The summed E-state index contributed by atoms with van der Waals surface area (Å²) in [6.45, 7) is 0. The molecule has 1 nitrogen and oxygen atoms in total. The maximum Gasteiger partial charge on any atom is 0.115 e. The largest absolute Gasteiger partial charge is 0.508 e. The second-order valence-corrected chi connectivity index (χ2v) is 2.10. The molecule has 0 spiro atoms. The lowest BCUT2D eigenvalue weighted by atomic mass is 10.2. The number of rotatable bonds is 1. The van der Waals surface area contributed by atoms with Gasteiger partial charge in [-0.1, -0.05) is 24.8 Å². The van der Waals surface area contributed by atoms with E-state index in [2.05, 4.69) is 0 Å². The summed E-state index contributed by atoms with van der Waals surface area (Å²) in [6.07, 6.45) is 0. The molecule has 0 aliphatic carbocycles. The van der Waals surface area contributed by atoms with E-state index in [-0.39, 0.29) is 0 Å². The highest BCUT2D eigenvalue weighted by Gasteiger charge is 1.87. The monoisotopic (exact) mass is 139 g/mol. The van der Waals surface area contributed by atoms with Crippen LogP contribution in [0, 0.1) is 0 Å². The van der Waals surface area contributed by atoms with E-state index in [1.165, 1.54) is 0 Å². The molecule has 0 saturated heterocycles. The van der Waals surface area contributed by atoms with Crippen LogP contribution in [-0.2, 0) is 5.75 Å². The Bertz CT molecular complexity index is 181. The topological polar surface area (TPSA) is 20.2 Å². The fraction of sp³-hybridized carbons (Fsp3) is 0.143. The van der Waals surface area contributed by atoms with Crippen molar-refractivity contribution in [3.05, 3.63) is 29.8 Å². The second kappa shape index (κ2) is 2.78. The van der Waals surface area contributed by atoms with Gasteiger partial charge in [-0.25, -0.2) is 0 Å². The van der Waals surface area contributed by atoms with Crippen LogP contribution in [0.25, 0.3) is 0 Å². The van der Waals surface area contributed by atoms with E-state index in [0.29, 0.717) is 11.5 Å². The van der Waals surface area contributed by atoms with Gasteiger partial charge in [0.2, 0.25) is 0 Å². The van der Waals surface area contributed by atoms with Gasteiger partial charge in [-0.2, -0.15) is 0 Å². The molecule has 0 bridgehead atoms. The highest BCUT2D eigenvalue weighted by molar-refractivity contribution is 7.79. The third-order valence-corrected chi connectivity index (χ3v) is 1.44. The SMILES string of the molecule is Oc1ccc(C[S])cc1. The van der Waals surface area contributed by atoms with Crippen molar-refractivity contribution in [1.82, 2.24) is 0 Å². The Morgan fingerprint density at radius 1 is 1.22 bits per heavy atom. The van der Waals surface area contributed by atoms with Gasteiger partial charge in [0.15, 0.2) is 0 Å². The van der Waals surface area contributed by atoms with Crippen molar-refractivity contribution < 1.29 is 5.11 Å². The first kappa shape index (κ1) is 6.49. The lowest BCUT2D eigenvalue weighted by Crippen LogP contribution is -1.73. The fourth-order valence-corrected chi connectivity index (χ4v) is 0.785. The van der Waals surface area contributed by atoms with Crippen molar-refractivity contribution in [2.45, 2.75) is 5.75 Å². The lowest BCUT2D eigenvalue weighted by molar-refractivity contribution is 0.475. The first-order valence-corrected chi connectivity index (χ1v) is 3.26. The third-order valence-electron chi connectivity index (χ3n) is 1.10. The maximum atomic E-state index is 8.82. The third kappa shape index (κ3) is 1.64. The van der Waals surface area contributed by atoms with Crippen LogP contribution in [0.3, 0.4) is 0 Å². The van der Waals surface area contributed by atoms with Gasteiger partial charge in [-0.15, -0.1) is 0 Å². The van der Waals surface area contributed by atoms with E-state index in [0.717, 1.165) is 5.56 Å². The Kier molecular flexibility index (Phi) is 2.01. The van der Waals surface area contributed by atoms with Gasteiger partial charge in [-0.3, -0.25) is 0 Å². The van der Waals surface area contributed by atoms with Crippen molar-refractivity contribution in [2.24, 2.45) is 0 Å². The van der Waals surface area contributed by atoms with Crippen molar-refractivity contribution in [1.29, 1.82) is 0 Å². The minimum absolute atomic E-state index is 0.294. The summed E-state index contributed by atoms with van der Waals surface area (Å²) in [4.78, 5) is 0. The standard InChI is InChI=1S/C7H7OS/c8-7-3-1-6(5-9)2-4-7/h1-4,8H,5H2.